The summed E-state index contributed by atoms with van der Waals surface area (Å²) in [6, 6.07) is 1.92. The quantitative estimate of drug-likeness (QED) is 0.205. The Morgan fingerprint density at radius 1 is 1.61 bits per heavy atom. The van der Waals surface area contributed by atoms with Crippen LogP contribution >= 0.6 is 0 Å². The molecule has 0 unspecified atom stereocenters. The van der Waals surface area contributed by atoms with Crippen molar-refractivity contribution in [2.75, 3.05) is 19.8 Å². The predicted molar refractivity (Wildman–Crippen MR) is 70.8 cm³/mol. The summed E-state index contributed by atoms with van der Waals surface area (Å²) in [5.74, 6) is 5.95. The molecule has 0 saturated carbocycles. The second-order valence-corrected chi connectivity index (χ2v) is 3.77. The molecule has 0 aliphatic heterocycles. The van der Waals surface area contributed by atoms with Gasteiger partial charge in [-0.15, -0.1) is 0 Å². The highest BCUT2D eigenvalue weighted by Crippen LogP contribution is 1.95. The topological polar surface area (TPSA) is 89.5 Å². The van der Waals surface area contributed by atoms with E-state index in [1.54, 1.807) is 4.68 Å². The highest BCUT2D eigenvalue weighted by atomic mass is 16.5. The van der Waals surface area contributed by atoms with Crippen LogP contribution in [0.15, 0.2) is 17.3 Å². The van der Waals surface area contributed by atoms with Crippen LogP contribution in [0.2, 0.25) is 0 Å². The molecule has 1 aromatic rings. The summed E-state index contributed by atoms with van der Waals surface area (Å²) >= 11 is 0. The highest BCUT2D eigenvalue weighted by Gasteiger charge is 1.98. The maximum absolute atomic E-state index is 5.38. The van der Waals surface area contributed by atoms with Gasteiger partial charge in [0.1, 0.15) is 0 Å². The number of aryl methyl sites for hydroxylation is 1. The van der Waals surface area contributed by atoms with Gasteiger partial charge < -0.3 is 10.1 Å². The van der Waals surface area contributed by atoms with Gasteiger partial charge in [-0.3, -0.25) is 10.1 Å². The molecule has 0 aliphatic carbocycles. The van der Waals surface area contributed by atoms with Crippen LogP contribution in [0.4, 0.5) is 0 Å². The van der Waals surface area contributed by atoms with Gasteiger partial charge in [0.2, 0.25) is 5.96 Å². The Bertz CT molecular complexity index is 362. The molecule has 1 rings (SSSR count). The molecular weight excluding hydrogens is 232 g/mol. The molecule has 0 aliphatic rings. The number of nitrogens with one attached hydrogen (secondary N) is 2. The van der Waals surface area contributed by atoms with Crippen molar-refractivity contribution >= 4 is 5.96 Å². The van der Waals surface area contributed by atoms with Crippen LogP contribution in [0.25, 0.3) is 0 Å². The Hall–Kier alpha value is -1.60. The lowest BCUT2D eigenvalue weighted by atomic mass is 10.4. The summed E-state index contributed by atoms with van der Waals surface area (Å²) in [6.07, 6.45) is 2.80. The van der Waals surface area contributed by atoms with Gasteiger partial charge in [0, 0.05) is 33.0 Å². The minimum absolute atomic E-state index is 0.499. The minimum atomic E-state index is 0.499. The third-order valence-corrected chi connectivity index (χ3v) is 2.27. The van der Waals surface area contributed by atoms with Crippen molar-refractivity contribution in [1.29, 1.82) is 0 Å². The average molecular weight is 254 g/mol. The second-order valence-electron chi connectivity index (χ2n) is 3.77. The SMILES string of the molecule is CCOCCCNC(=NCc1ccn(C)n1)NN. The molecule has 0 spiro atoms. The van der Waals surface area contributed by atoms with Crippen molar-refractivity contribution in [1.82, 2.24) is 20.5 Å². The zero-order valence-corrected chi connectivity index (χ0v) is 11.0. The molecule has 4 N–H and O–H groups in total. The van der Waals surface area contributed by atoms with E-state index in [1.807, 2.05) is 26.2 Å². The summed E-state index contributed by atoms with van der Waals surface area (Å²) < 4.78 is 6.98. The van der Waals surface area contributed by atoms with Crippen LogP contribution in [0.5, 0.6) is 0 Å². The normalized spacial score (nSPS) is 11.6. The molecule has 0 aromatic carbocycles. The Kier molecular flexibility index (Phi) is 6.82. The summed E-state index contributed by atoms with van der Waals surface area (Å²) in [5.41, 5.74) is 3.44. The van der Waals surface area contributed by atoms with Gasteiger partial charge in [0.05, 0.1) is 12.2 Å². The Morgan fingerprint density at radius 3 is 3.06 bits per heavy atom. The number of aromatic nitrogens is 2. The molecule has 0 fully saturated rings. The predicted octanol–water partition coefficient (Wildman–Crippen LogP) is -0.244. The first-order valence-corrected chi connectivity index (χ1v) is 6.07. The van der Waals surface area contributed by atoms with Crippen molar-refractivity contribution in [2.45, 2.75) is 19.9 Å². The second kappa shape index (κ2) is 8.48. The smallest absolute Gasteiger partial charge is 0.206 e. The lowest BCUT2D eigenvalue weighted by Crippen LogP contribution is -2.42. The summed E-state index contributed by atoms with van der Waals surface area (Å²) in [4.78, 5) is 4.30. The number of rotatable bonds is 7. The molecule has 0 saturated heterocycles. The first-order valence-electron chi connectivity index (χ1n) is 6.07. The van der Waals surface area contributed by atoms with E-state index in [9.17, 15) is 0 Å². The van der Waals surface area contributed by atoms with Crippen molar-refractivity contribution in [3.05, 3.63) is 18.0 Å². The zero-order valence-electron chi connectivity index (χ0n) is 11.0. The van der Waals surface area contributed by atoms with Gasteiger partial charge >= 0.3 is 0 Å². The van der Waals surface area contributed by atoms with Crippen molar-refractivity contribution in [3.63, 3.8) is 0 Å². The molecule has 7 nitrogen and oxygen atoms in total. The van der Waals surface area contributed by atoms with Crippen LogP contribution in [-0.4, -0.2) is 35.5 Å². The molecule has 0 atom stereocenters. The molecule has 102 valence electrons. The molecule has 0 radical (unpaired) electrons. The Morgan fingerprint density at radius 2 is 2.44 bits per heavy atom. The molecule has 18 heavy (non-hydrogen) atoms. The summed E-state index contributed by atoms with van der Waals surface area (Å²) in [5, 5.41) is 7.34. The monoisotopic (exact) mass is 254 g/mol. The van der Waals surface area contributed by atoms with E-state index >= 15 is 0 Å². The number of nitrogens with zero attached hydrogens (tertiary/aromatic N) is 3. The number of guanidine groups is 1. The first-order chi connectivity index (χ1) is 8.76. The molecule has 0 bridgehead atoms. The van der Waals surface area contributed by atoms with E-state index < -0.39 is 0 Å². The molecular formula is C11H22N6O. The van der Waals surface area contributed by atoms with Crippen LogP contribution in [0.3, 0.4) is 0 Å². The van der Waals surface area contributed by atoms with Gasteiger partial charge in [-0.2, -0.15) is 5.10 Å². The van der Waals surface area contributed by atoms with Crippen LogP contribution < -0.4 is 16.6 Å². The number of nitrogens with two attached hydrogens (primary N) is 1. The Labute approximate surface area is 107 Å². The van der Waals surface area contributed by atoms with Crippen LogP contribution in [0.1, 0.15) is 19.0 Å². The molecule has 0 amide bonds. The van der Waals surface area contributed by atoms with E-state index in [4.69, 9.17) is 10.6 Å². The molecule has 7 heteroatoms. The maximum atomic E-state index is 5.38. The first kappa shape index (κ1) is 14.5. The van der Waals surface area contributed by atoms with Crippen molar-refractivity contribution in [2.24, 2.45) is 17.9 Å². The van der Waals surface area contributed by atoms with Gasteiger partial charge in [-0.1, -0.05) is 0 Å². The summed E-state index contributed by atoms with van der Waals surface area (Å²) in [6.45, 7) is 4.73. The number of ether oxygens (including phenoxy) is 1. The fourth-order valence-corrected chi connectivity index (χ4v) is 1.39. The number of aliphatic imine (C=N–C) groups is 1. The lowest BCUT2D eigenvalue weighted by molar-refractivity contribution is 0.145. The average Bonchev–Trinajstić information content (AvgIpc) is 2.78. The Balaban J connectivity index is 2.27. The largest absolute Gasteiger partial charge is 0.382 e. The van der Waals surface area contributed by atoms with E-state index in [0.29, 0.717) is 12.5 Å². The third-order valence-electron chi connectivity index (χ3n) is 2.27. The third kappa shape index (κ3) is 5.65. The minimum Gasteiger partial charge on any atom is -0.382 e. The zero-order chi connectivity index (χ0) is 13.2. The van der Waals surface area contributed by atoms with Gasteiger partial charge in [0.15, 0.2) is 0 Å². The standard InChI is InChI=1S/C11H22N6O/c1-3-18-8-4-6-13-11(15-12)14-9-10-5-7-17(2)16-10/h5,7H,3-4,6,8-9,12H2,1-2H3,(H2,13,14,15). The summed E-state index contributed by atoms with van der Waals surface area (Å²) in [7, 11) is 1.88. The van der Waals surface area contributed by atoms with Crippen LogP contribution in [0, 0.1) is 0 Å². The van der Waals surface area contributed by atoms with E-state index in [-0.39, 0.29) is 0 Å². The fourth-order valence-electron chi connectivity index (χ4n) is 1.39. The molecule has 1 heterocycles. The lowest BCUT2D eigenvalue weighted by Gasteiger charge is -2.08. The number of hydrogen-bond donors (Lipinski definition) is 3. The van der Waals surface area contributed by atoms with E-state index in [0.717, 1.165) is 31.9 Å². The fraction of sp³-hybridized carbons (Fsp3) is 0.636. The number of hydrazine groups is 1. The van der Waals surface area contributed by atoms with E-state index in [2.05, 4.69) is 20.8 Å². The van der Waals surface area contributed by atoms with Gasteiger partial charge in [0.25, 0.3) is 0 Å². The number of hydrogen-bond acceptors (Lipinski definition) is 4. The maximum Gasteiger partial charge on any atom is 0.206 e. The van der Waals surface area contributed by atoms with Gasteiger partial charge in [-0.25, -0.2) is 10.8 Å². The van der Waals surface area contributed by atoms with E-state index in [1.165, 1.54) is 0 Å². The van der Waals surface area contributed by atoms with Crippen LogP contribution in [-0.2, 0) is 18.3 Å². The van der Waals surface area contributed by atoms with Crippen molar-refractivity contribution < 1.29 is 4.74 Å². The van der Waals surface area contributed by atoms with Gasteiger partial charge in [-0.05, 0) is 19.4 Å². The highest BCUT2D eigenvalue weighted by molar-refractivity contribution is 5.79. The van der Waals surface area contributed by atoms with Crippen molar-refractivity contribution in [3.8, 4) is 0 Å². The molecule has 1 aromatic heterocycles.